The van der Waals surface area contributed by atoms with Crippen LogP contribution in [0.2, 0.25) is 0 Å². The molecule has 7 nitrogen and oxygen atoms in total. The molecule has 0 aliphatic carbocycles. The van der Waals surface area contributed by atoms with Gasteiger partial charge < -0.3 is 24.3 Å². The average Bonchev–Trinajstić information content (AvgIpc) is 2.72. The van der Waals surface area contributed by atoms with E-state index in [1.807, 2.05) is 24.3 Å². The summed E-state index contributed by atoms with van der Waals surface area (Å²) in [5.41, 5.74) is 1.99. The van der Waals surface area contributed by atoms with Crippen molar-refractivity contribution in [1.82, 2.24) is 0 Å². The van der Waals surface area contributed by atoms with Gasteiger partial charge >= 0.3 is 5.97 Å². The number of amides is 1. The van der Waals surface area contributed by atoms with Gasteiger partial charge in [-0.3, -0.25) is 4.79 Å². The maximum Gasteiger partial charge on any atom is 0.339 e. The van der Waals surface area contributed by atoms with E-state index in [2.05, 4.69) is 19.2 Å². The van der Waals surface area contributed by atoms with Crippen molar-refractivity contribution in [2.45, 2.75) is 32.8 Å². The highest BCUT2D eigenvalue weighted by Gasteiger charge is 2.22. The zero-order valence-electron chi connectivity index (χ0n) is 17.6. The fourth-order valence-corrected chi connectivity index (χ4v) is 2.68. The highest BCUT2D eigenvalue weighted by atomic mass is 16.5. The standard InChI is InChI=1S/C22H27NO6/c1-13(2)15-7-9-17(10-8-15)23-21(24)14(3)29-22(25)16-11-18(26-4)20(28-6)19(12-16)27-5/h7-14H,1-6H3,(H,23,24)/t14-/m0/s1. The average molecular weight is 401 g/mol. The molecule has 0 saturated heterocycles. The molecule has 0 fully saturated rings. The zero-order chi connectivity index (χ0) is 21.6. The van der Waals surface area contributed by atoms with Crippen LogP contribution in [-0.4, -0.2) is 39.3 Å². The Morgan fingerprint density at radius 3 is 1.86 bits per heavy atom. The maximum atomic E-state index is 12.5. The second kappa shape index (κ2) is 9.82. The first-order valence-corrected chi connectivity index (χ1v) is 9.22. The van der Waals surface area contributed by atoms with Crippen LogP contribution in [0, 0.1) is 0 Å². The molecule has 0 aromatic heterocycles. The molecule has 0 heterocycles. The predicted octanol–water partition coefficient (Wildman–Crippen LogP) is 4.02. The Morgan fingerprint density at radius 1 is 0.862 bits per heavy atom. The Kier molecular flexibility index (Phi) is 7.47. The van der Waals surface area contributed by atoms with Crippen LogP contribution in [0.1, 0.15) is 42.6 Å². The molecule has 0 bridgehead atoms. The lowest BCUT2D eigenvalue weighted by Gasteiger charge is -2.16. The van der Waals surface area contributed by atoms with E-state index in [1.165, 1.54) is 45.9 Å². The lowest BCUT2D eigenvalue weighted by Crippen LogP contribution is -2.30. The second-order valence-electron chi connectivity index (χ2n) is 6.73. The van der Waals surface area contributed by atoms with Gasteiger partial charge in [0.15, 0.2) is 17.6 Å². The van der Waals surface area contributed by atoms with Gasteiger partial charge in [-0.05, 0) is 42.7 Å². The third kappa shape index (κ3) is 5.40. The molecule has 156 valence electrons. The number of hydrogen-bond donors (Lipinski definition) is 1. The van der Waals surface area contributed by atoms with Gasteiger partial charge in [0.1, 0.15) is 0 Å². The Bertz CT molecular complexity index is 835. The Morgan fingerprint density at radius 2 is 1.41 bits per heavy atom. The van der Waals surface area contributed by atoms with Gasteiger partial charge in [0.05, 0.1) is 26.9 Å². The van der Waals surface area contributed by atoms with E-state index in [0.717, 1.165) is 0 Å². The van der Waals surface area contributed by atoms with E-state index in [9.17, 15) is 9.59 Å². The minimum absolute atomic E-state index is 0.181. The topological polar surface area (TPSA) is 83.1 Å². The number of hydrogen-bond acceptors (Lipinski definition) is 6. The van der Waals surface area contributed by atoms with Crippen LogP contribution in [0.5, 0.6) is 17.2 Å². The number of esters is 1. The van der Waals surface area contributed by atoms with Crippen LogP contribution >= 0.6 is 0 Å². The fraction of sp³-hybridized carbons (Fsp3) is 0.364. The molecule has 1 atom stereocenters. The monoisotopic (exact) mass is 401 g/mol. The quantitative estimate of drug-likeness (QED) is 0.673. The third-order valence-electron chi connectivity index (χ3n) is 4.40. The van der Waals surface area contributed by atoms with Gasteiger partial charge in [-0.25, -0.2) is 4.79 Å². The normalized spacial score (nSPS) is 11.6. The molecule has 0 saturated carbocycles. The minimum Gasteiger partial charge on any atom is -0.493 e. The third-order valence-corrected chi connectivity index (χ3v) is 4.40. The molecule has 7 heteroatoms. The predicted molar refractivity (Wildman–Crippen MR) is 110 cm³/mol. The van der Waals surface area contributed by atoms with E-state index < -0.39 is 18.0 Å². The number of benzene rings is 2. The van der Waals surface area contributed by atoms with Gasteiger partial charge in [-0.1, -0.05) is 26.0 Å². The molecule has 2 rings (SSSR count). The fourth-order valence-electron chi connectivity index (χ4n) is 2.68. The molecule has 0 unspecified atom stereocenters. The Hall–Kier alpha value is -3.22. The number of methoxy groups -OCH3 is 3. The molecule has 1 N–H and O–H groups in total. The van der Waals surface area contributed by atoms with E-state index in [0.29, 0.717) is 28.9 Å². The van der Waals surface area contributed by atoms with Crippen LogP contribution in [0.3, 0.4) is 0 Å². The first-order valence-electron chi connectivity index (χ1n) is 9.22. The number of rotatable bonds is 8. The van der Waals surface area contributed by atoms with E-state index in [-0.39, 0.29) is 5.56 Å². The molecular weight excluding hydrogens is 374 g/mol. The van der Waals surface area contributed by atoms with Gasteiger partial charge in [0.25, 0.3) is 5.91 Å². The summed E-state index contributed by atoms with van der Waals surface area (Å²) in [6.45, 7) is 5.70. The van der Waals surface area contributed by atoms with Crippen molar-refractivity contribution in [1.29, 1.82) is 0 Å². The lowest BCUT2D eigenvalue weighted by molar-refractivity contribution is -0.123. The van der Waals surface area contributed by atoms with E-state index >= 15 is 0 Å². The van der Waals surface area contributed by atoms with Crippen LogP contribution in [0.15, 0.2) is 36.4 Å². The number of nitrogens with one attached hydrogen (secondary N) is 1. The molecule has 29 heavy (non-hydrogen) atoms. The van der Waals surface area contributed by atoms with Crippen molar-refractivity contribution in [3.63, 3.8) is 0 Å². The maximum absolute atomic E-state index is 12.5. The van der Waals surface area contributed by atoms with Gasteiger partial charge in [-0.2, -0.15) is 0 Å². The SMILES string of the molecule is COc1cc(C(=O)O[C@@H](C)C(=O)Nc2ccc(C(C)C)cc2)cc(OC)c1OC. The summed E-state index contributed by atoms with van der Waals surface area (Å²) in [7, 11) is 4.37. The van der Waals surface area contributed by atoms with Crippen LogP contribution < -0.4 is 19.5 Å². The van der Waals surface area contributed by atoms with Crippen molar-refractivity contribution < 1.29 is 28.5 Å². The molecular formula is C22H27NO6. The van der Waals surface area contributed by atoms with Crippen LogP contribution in [0.4, 0.5) is 5.69 Å². The van der Waals surface area contributed by atoms with Gasteiger partial charge in [-0.15, -0.1) is 0 Å². The minimum atomic E-state index is -0.994. The molecule has 0 aliphatic rings. The number of ether oxygens (including phenoxy) is 4. The smallest absolute Gasteiger partial charge is 0.339 e. The van der Waals surface area contributed by atoms with E-state index in [4.69, 9.17) is 18.9 Å². The first kappa shape index (κ1) is 22.1. The second-order valence-corrected chi connectivity index (χ2v) is 6.73. The molecule has 2 aromatic carbocycles. The summed E-state index contributed by atoms with van der Waals surface area (Å²) >= 11 is 0. The lowest BCUT2D eigenvalue weighted by atomic mass is 10.0. The zero-order valence-corrected chi connectivity index (χ0v) is 17.6. The van der Waals surface area contributed by atoms with Crippen LogP contribution in [0.25, 0.3) is 0 Å². The number of anilines is 1. The van der Waals surface area contributed by atoms with Crippen molar-refractivity contribution in [2.24, 2.45) is 0 Å². The summed E-state index contributed by atoms with van der Waals surface area (Å²) in [5.74, 6) is 0.299. The van der Waals surface area contributed by atoms with Crippen molar-refractivity contribution >= 4 is 17.6 Å². The molecule has 0 radical (unpaired) electrons. The van der Waals surface area contributed by atoms with Gasteiger partial charge in [0.2, 0.25) is 5.75 Å². The number of carbonyl (C=O) groups excluding carboxylic acids is 2. The van der Waals surface area contributed by atoms with Crippen molar-refractivity contribution in [3.05, 3.63) is 47.5 Å². The van der Waals surface area contributed by atoms with Gasteiger partial charge in [0, 0.05) is 5.69 Å². The number of carbonyl (C=O) groups is 2. The Balaban J connectivity index is 2.08. The Labute approximate surface area is 170 Å². The summed E-state index contributed by atoms with van der Waals surface area (Å²) in [5, 5.41) is 2.74. The summed E-state index contributed by atoms with van der Waals surface area (Å²) < 4.78 is 21.0. The largest absolute Gasteiger partial charge is 0.493 e. The molecule has 0 aliphatic heterocycles. The summed E-state index contributed by atoms with van der Waals surface area (Å²) in [6.07, 6.45) is -0.994. The first-order chi connectivity index (χ1) is 13.8. The van der Waals surface area contributed by atoms with Crippen molar-refractivity contribution in [3.8, 4) is 17.2 Å². The highest BCUT2D eigenvalue weighted by Crippen LogP contribution is 2.38. The van der Waals surface area contributed by atoms with Crippen molar-refractivity contribution in [2.75, 3.05) is 26.6 Å². The molecule has 0 spiro atoms. The molecule has 2 aromatic rings. The molecule has 1 amide bonds. The van der Waals surface area contributed by atoms with Crippen LogP contribution in [-0.2, 0) is 9.53 Å². The summed E-state index contributed by atoms with van der Waals surface area (Å²) in [6, 6.07) is 10.5. The summed E-state index contributed by atoms with van der Waals surface area (Å²) in [4.78, 5) is 24.9. The highest BCUT2D eigenvalue weighted by molar-refractivity contribution is 5.97. The van der Waals surface area contributed by atoms with E-state index in [1.54, 1.807) is 0 Å².